The minimum absolute atomic E-state index is 0.0221. The highest BCUT2D eigenvalue weighted by Gasteiger charge is 2.35. The van der Waals surface area contributed by atoms with Crippen LogP contribution in [0.2, 0.25) is 0 Å². The molecule has 12 nitrogen and oxygen atoms in total. The molecule has 2 amide bonds. The average Bonchev–Trinajstić information content (AvgIpc) is 3.01. The largest absolute Gasteiger partial charge is 0.496 e. The minimum atomic E-state index is -4.36. The topological polar surface area (TPSA) is 170 Å². The Balaban J connectivity index is 1.70. The normalized spacial score (nSPS) is 15.1. The van der Waals surface area contributed by atoms with Gasteiger partial charge in [0.2, 0.25) is 21.8 Å². The van der Waals surface area contributed by atoms with Crippen molar-refractivity contribution in [3.05, 3.63) is 58.8 Å². The van der Waals surface area contributed by atoms with Crippen LogP contribution in [0.25, 0.3) is 10.8 Å². The summed E-state index contributed by atoms with van der Waals surface area (Å²) in [6.45, 7) is 11.1. The number of aryl methyl sites for hydroxylation is 1. The molecular formula is C35H47N5O7S. The van der Waals surface area contributed by atoms with Gasteiger partial charge in [-0.25, -0.2) is 13.4 Å². The summed E-state index contributed by atoms with van der Waals surface area (Å²) in [5.74, 6) is -1.04. The molecule has 3 aromatic rings. The number of sulfonamides is 1. The van der Waals surface area contributed by atoms with E-state index in [0.717, 1.165) is 30.2 Å². The van der Waals surface area contributed by atoms with E-state index in [1.807, 2.05) is 24.3 Å². The molecule has 2 atom stereocenters. The van der Waals surface area contributed by atoms with E-state index in [1.165, 1.54) is 7.11 Å². The number of ether oxygens (including phenoxy) is 2. The zero-order valence-electron chi connectivity index (χ0n) is 28.8. The van der Waals surface area contributed by atoms with Crippen LogP contribution in [-0.4, -0.2) is 74.0 Å². The van der Waals surface area contributed by atoms with Gasteiger partial charge in [-0.2, -0.15) is 4.72 Å². The van der Waals surface area contributed by atoms with Crippen molar-refractivity contribution in [2.75, 3.05) is 25.9 Å². The number of pyridine rings is 1. The summed E-state index contributed by atoms with van der Waals surface area (Å²) in [5.41, 5.74) is 7.44. The lowest BCUT2D eigenvalue weighted by Gasteiger charge is -2.31. The molecule has 2 heterocycles. The molecule has 1 aliphatic rings. The highest BCUT2D eigenvalue weighted by atomic mass is 32.2. The summed E-state index contributed by atoms with van der Waals surface area (Å²) in [7, 11) is -2.86. The van der Waals surface area contributed by atoms with Crippen molar-refractivity contribution in [1.29, 1.82) is 0 Å². The zero-order chi connectivity index (χ0) is 35.4. The van der Waals surface area contributed by atoms with Crippen molar-refractivity contribution in [2.24, 2.45) is 0 Å². The molecule has 48 heavy (non-hydrogen) atoms. The molecule has 0 aliphatic carbocycles. The fourth-order valence-corrected chi connectivity index (χ4v) is 7.76. The summed E-state index contributed by atoms with van der Waals surface area (Å²) in [5, 5.41) is 4.38. The van der Waals surface area contributed by atoms with Gasteiger partial charge in [-0.3, -0.25) is 14.4 Å². The Kier molecular flexibility index (Phi) is 11.4. The molecule has 1 saturated heterocycles. The molecule has 2 aromatic carbocycles. The predicted octanol–water partition coefficient (Wildman–Crippen LogP) is 3.87. The van der Waals surface area contributed by atoms with E-state index in [1.54, 1.807) is 58.7 Å². The van der Waals surface area contributed by atoms with E-state index in [0.29, 0.717) is 46.7 Å². The van der Waals surface area contributed by atoms with Crippen molar-refractivity contribution in [2.45, 2.75) is 96.2 Å². The van der Waals surface area contributed by atoms with Crippen LogP contribution in [0, 0.1) is 20.8 Å². The second-order valence-corrected chi connectivity index (χ2v) is 15.0. The van der Waals surface area contributed by atoms with Gasteiger partial charge >= 0.3 is 5.97 Å². The number of piperidine rings is 1. The molecule has 0 spiro atoms. The zero-order valence-corrected chi connectivity index (χ0v) is 29.6. The molecule has 0 bridgehead atoms. The van der Waals surface area contributed by atoms with Crippen LogP contribution in [0.3, 0.4) is 0 Å². The average molecular weight is 682 g/mol. The Morgan fingerprint density at radius 3 is 2.33 bits per heavy atom. The van der Waals surface area contributed by atoms with E-state index >= 15 is 0 Å². The first-order valence-electron chi connectivity index (χ1n) is 16.1. The molecule has 4 N–H and O–H groups in total. The Morgan fingerprint density at radius 2 is 1.69 bits per heavy atom. The number of esters is 1. The molecule has 13 heteroatoms. The molecule has 260 valence electrons. The molecule has 0 saturated carbocycles. The second-order valence-electron chi connectivity index (χ2n) is 13.3. The standard InChI is InChI=1S/C35H47N5O7S/c1-21-17-29(46-7)22(2)23(3)31(21)48(44,45)39-27(20-30(41)47-35(4,5)6)33(42)38-28(34(43)40-15-9-8-10-16-40)19-24-11-12-25-13-14-37-32(36)26(25)18-24/h11-14,17-18,27-28,39H,8-10,15-16,19-20H2,1-7H3,(H2,36,37)(H,38,42)/t27-,28?/m0/s1. The lowest BCUT2D eigenvalue weighted by atomic mass is 10.00. The van der Waals surface area contributed by atoms with Gasteiger partial charge < -0.3 is 25.4 Å². The lowest BCUT2D eigenvalue weighted by molar-refractivity contribution is -0.156. The molecule has 1 aliphatic heterocycles. The Bertz CT molecular complexity index is 1800. The van der Waals surface area contributed by atoms with E-state index in [9.17, 15) is 22.8 Å². The summed E-state index contributed by atoms with van der Waals surface area (Å²) < 4.78 is 41.2. The number of carbonyl (C=O) groups excluding carboxylic acids is 3. The van der Waals surface area contributed by atoms with Crippen molar-refractivity contribution in [3.8, 4) is 5.75 Å². The number of anilines is 1. The maximum Gasteiger partial charge on any atom is 0.308 e. The van der Waals surface area contributed by atoms with E-state index < -0.39 is 46.0 Å². The van der Waals surface area contributed by atoms with Gasteiger partial charge in [0.15, 0.2) is 0 Å². The van der Waals surface area contributed by atoms with Crippen molar-refractivity contribution in [1.82, 2.24) is 19.9 Å². The van der Waals surface area contributed by atoms with E-state index in [2.05, 4.69) is 15.0 Å². The summed E-state index contributed by atoms with van der Waals surface area (Å²) in [6, 6.07) is 6.35. The number of amides is 2. The number of nitrogens with zero attached hydrogens (tertiary/aromatic N) is 2. The number of rotatable bonds is 11. The fourth-order valence-electron chi connectivity index (χ4n) is 6.04. The van der Waals surface area contributed by atoms with Crippen LogP contribution in [-0.2, 0) is 35.6 Å². The number of nitrogen functional groups attached to an aromatic ring is 1. The van der Waals surface area contributed by atoms with Crippen LogP contribution in [0.5, 0.6) is 5.75 Å². The quantitative estimate of drug-likeness (QED) is 0.254. The van der Waals surface area contributed by atoms with Gasteiger partial charge in [-0.05, 0) is 107 Å². The number of aromatic nitrogens is 1. The lowest BCUT2D eigenvalue weighted by Crippen LogP contribution is -2.56. The Morgan fingerprint density at radius 1 is 1.00 bits per heavy atom. The molecular weight excluding hydrogens is 634 g/mol. The third-order valence-electron chi connectivity index (χ3n) is 8.46. The highest BCUT2D eigenvalue weighted by Crippen LogP contribution is 2.31. The summed E-state index contributed by atoms with van der Waals surface area (Å²) >= 11 is 0. The Hall–Kier alpha value is -4.23. The minimum Gasteiger partial charge on any atom is -0.496 e. The van der Waals surface area contributed by atoms with Gasteiger partial charge in [0.25, 0.3) is 0 Å². The number of fused-ring (bicyclic) bond motifs is 1. The Labute approximate surface area is 282 Å². The summed E-state index contributed by atoms with van der Waals surface area (Å²) in [6.07, 6.45) is 3.80. The van der Waals surface area contributed by atoms with Crippen LogP contribution in [0.1, 0.15) is 68.7 Å². The van der Waals surface area contributed by atoms with Gasteiger partial charge in [-0.15, -0.1) is 0 Å². The number of benzene rings is 2. The molecule has 1 fully saturated rings. The van der Waals surface area contributed by atoms with Crippen LogP contribution in [0.15, 0.2) is 41.4 Å². The van der Waals surface area contributed by atoms with E-state index in [-0.39, 0.29) is 17.2 Å². The third kappa shape index (κ3) is 8.81. The smallest absolute Gasteiger partial charge is 0.308 e. The maximum absolute atomic E-state index is 14.1. The van der Waals surface area contributed by atoms with Crippen molar-refractivity contribution >= 4 is 44.4 Å². The second kappa shape index (κ2) is 14.9. The molecule has 4 rings (SSSR count). The van der Waals surface area contributed by atoms with Crippen molar-refractivity contribution < 1.29 is 32.3 Å². The number of carbonyl (C=O) groups is 3. The van der Waals surface area contributed by atoms with Gasteiger partial charge in [0, 0.05) is 31.1 Å². The number of likely N-dealkylation sites (tertiary alicyclic amines) is 1. The highest BCUT2D eigenvalue weighted by molar-refractivity contribution is 7.89. The fraction of sp³-hybridized carbons (Fsp3) is 0.486. The first kappa shape index (κ1) is 36.6. The number of hydrogen-bond donors (Lipinski definition) is 3. The molecule has 0 radical (unpaired) electrons. The molecule has 1 unspecified atom stereocenters. The van der Waals surface area contributed by atoms with Crippen molar-refractivity contribution in [3.63, 3.8) is 0 Å². The number of nitrogens with two attached hydrogens (primary N) is 1. The van der Waals surface area contributed by atoms with Crippen LogP contribution < -0.4 is 20.5 Å². The predicted molar refractivity (Wildman–Crippen MR) is 184 cm³/mol. The first-order chi connectivity index (χ1) is 22.5. The number of nitrogens with one attached hydrogen (secondary N) is 2. The van der Waals surface area contributed by atoms with Gasteiger partial charge in [0.05, 0.1) is 18.4 Å². The SMILES string of the molecule is COc1cc(C)c(S(=O)(=O)N[C@@H](CC(=O)OC(C)(C)C)C(=O)NC(Cc2ccc3ccnc(N)c3c2)C(=O)N2CCCCC2)c(C)c1C. The first-order valence-corrected chi connectivity index (χ1v) is 17.6. The monoisotopic (exact) mass is 681 g/mol. The van der Waals surface area contributed by atoms with Gasteiger partial charge in [0.1, 0.15) is 29.3 Å². The van der Waals surface area contributed by atoms with Crippen LogP contribution in [0.4, 0.5) is 5.82 Å². The summed E-state index contributed by atoms with van der Waals surface area (Å²) in [4.78, 5) is 46.9. The van der Waals surface area contributed by atoms with E-state index in [4.69, 9.17) is 15.2 Å². The number of hydrogen-bond acceptors (Lipinski definition) is 9. The maximum atomic E-state index is 14.1. The molecule has 1 aromatic heterocycles. The van der Waals surface area contributed by atoms with Crippen LogP contribution >= 0.6 is 0 Å². The third-order valence-corrected chi connectivity index (χ3v) is 10.2. The number of methoxy groups -OCH3 is 1. The van der Waals surface area contributed by atoms with Gasteiger partial charge in [-0.1, -0.05) is 12.1 Å².